The molecule has 104 valence electrons. The van der Waals surface area contributed by atoms with Crippen LogP contribution in [-0.2, 0) is 0 Å². The van der Waals surface area contributed by atoms with Gasteiger partial charge in [-0.1, -0.05) is 11.6 Å². The first-order chi connectivity index (χ1) is 9.10. The number of hydrogen-bond acceptors (Lipinski definition) is 4. The Hall–Kier alpha value is -0.940. The lowest BCUT2D eigenvalue weighted by Crippen LogP contribution is -2.27. The lowest BCUT2D eigenvalue weighted by Gasteiger charge is -2.28. The molecule has 1 aromatic rings. The highest BCUT2D eigenvalue weighted by molar-refractivity contribution is 7.99. The zero-order valence-corrected chi connectivity index (χ0v) is 12.3. The molecular formula is C13H17ClN2O2S. The number of carboxylic acids is 1. The predicted molar refractivity (Wildman–Crippen MR) is 79.4 cm³/mol. The zero-order valence-electron chi connectivity index (χ0n) is 10.7. The standard InChI is InChI=1S/C13H17ClN2O2S/c1-19-9-4-2-8(3-5-9)15-11-7-6-10(14)12(16-11)13(17)18/h6-9H,2-5H2,1H3,(H,15,16)(H,17,18). The van der Waals surface area contributed by atoms with E-state index in [0.717, 1.165) is 18.1 Å². The first-order valence-corrected chi connectivity index (χ1v) is 7.96. The Kier molecular flexibility index (Phi) is 4.93. The van der Waals surface area contributed by atoms with Crippen molar-refractivity contribution in [2.24, 2.45) is 0 Å². The quantitative estimate of drug-likeness (QED) is 0.891. The molecule has 2 N–H and O–H groups in total. The molecule has 19 heavy (non-hydrogen) atoms. The molecule has 0 amide bonds. The van der Waals surface area contributed by atoms with Gasteiger partial charge >= 0.3 is 5.97 Å². The molecule has 0 spiro atoms. The molecule has 0 atom stereocenters. The van der Waals surface area contributed by atoms with Gasteiger partial charge in [0.2, 0.25) is 0 Å². The maximum absolute atomic E-state index is 11.0. The zero-order chi connectivity index (χ0) is 13.8. The van der Waals surface area contributed by atoms with Gasteiger partial charge in [0.15, 0.2) is 5.69 Å². The van der Waals surface area contributed by atoms with Crippen LogP contribution in [0, 0.1) is 0 Å². The van der Waals surface area contributed by atoms with E-state index in [2.05, 4.69) is 16.6 Å². The summed E-state index contributed by atoms with van der Waals surface area (Å²) < 4.78 is 0. The third kappa shape index (κ3) is 3.76. The van der Waals surface area contributed by atoms with Gasteiger partial charge in [0.05, 0.1) is 5.02 Å². The fourth-order valence-electron chi connectivity index (χ4n) is 2.32. The minimum atomic E-state index is -1.10. The molecule has 1 aromatic heterocycles. The summed E-state index contributed by atoms with van der Waals surface area (Å²) in [7, 11) is 0. The molecule has 1 fully saturated rings. The molecule has 1 saturated carbocycles. The summed E-state index contributed by atoms with van der Waals surface area (Å²) in [5, 5.41) is 13.2. The Morgan fingerprint density at radius 3 is 2.68 bits per heavy atom. The van der Waals surface area contributed by atoms with Crippen molar-refractivity contribution in [3.8, 4) is 0 Å². The van der Waals surface area contributed by atoms with Gasteiger partial charge in [-0.15, -0.1) is 0 Å². The van der Waals surface area contributed by atoms with E-state index in [0.29, 0.717) is 11.9 Å². The SMILES string of the molecule is CSC1CCC(Nc2ccc(Cl)c(C(=O)O)n2)CC1. The second-order valence-corrected chi connectivity index (χ2v) is 6.23. The minimum Gasteiger partial charge on any atom is -0.476 e. The topological polar surface area (TPSA) is 62.2 Å². The summed E-state index contributed by atoms with van der Waals surface area (Å²) in [5.41, 5.74) is -0.0931. The summed E-state index contributed by atoms with van der Waals surface area (Å²) in [6.45, 7) is 0. The molecule has 0 unspecified atom stereocenters. The normalized spacial score (nSPS) is 23.1. The van der Waals surface area contributed by atoms with Crippen molar-refractivity contribution in [3.63, 3.8) is 0 Å². The Morgan fingerprint density at radius 1 is 1.42 bits per heavy atom. The minimum absolute atomic E-state index is 0.0931. The first kappa shape index (κ1) is 14.5. The molecule has 0 saturated heterocycles. The molecule has 6 heteroatoms. The van der Waals surface area contributed by atoms with Gasteiger partial charge in [-0.05, 0) is 44.1 Å². The summed E-state index contributed by atoms with van der Waals surface area (Å²) in [5.74, 6) is -0.505. The highest BCUT2D eigenvalue weighted by Crippen LogP contribution is 2.28. The van der Waals surface area contributed by atoms with Crippen LogP contribution in [0.15, 0.2) is 12.1 Å². The van der Waals surface area contributed by atoms with Gasteiger partial charge in [0.25, 0.3) is 0 Å². The predicted octanol–water partition coefficient (Wildman–Crippen LogP) is 3.52. The van der Waals surface area contributed by atoms with Gasteiger partial charge < -0.3 is 10.4 Å². The number of thioether (sulfide) groups is 1. The molecule has 0 aliphatic heterocycles. The Morgan fingerprint density at radius 2 is 2.11 bits per heavy atom. The largest absolute Gasteiger partial charge is 0.476 e. The van der Waals surface area contributed by atoms with E-state index >= 15 is 0 Å². The number of hydrogen-bond donors (Lipinski definition) is 2. The van der Waals surface area contributed by atoms with Crippen molar-refractivity contribution < 1.29 is 9.90 Å². The first-order valence-electron chi connectivity index (χ1n) is 6.29. The molecule has 0 aromatic carbocycles. The second kappa shape index (κ2) is 6.48. The van der Waals surface area contributed by atoms with E-state index in [-0.39, 0.29) is 10.7 Å². The maximum Gasteiger partial charge on any atom is 0.356 e. The van der Waals surface area contributed by atoms with Crippen molar-refractivity contribution in [3.05, 3.63) is 22.8 Å². The molecule has 1 aliphatic rings. The van der Waals surface area contributed by atoms with E-state index in [9.17, 15) is 4.79 Å². The third-order valence-corrected chi connectivity index (χ3v) is 4.85. The number of aromatic carboxylic acids is 1. The smallest absolute Gasteiger partial charge is 0.356 e. The summed E-state index contributed by atoms with van der Waals surface area (Å²) in [6.07, 6.45) is 6.73. The number of anilines is 1. The molecule has 1 aliphatic carbocycles. The van der Waals surface area contributed by atoms with Crippen molar-refractivity contribution in [2.75, 3.05) is 11.6 Å². The van der Waals surface area contributed by atoms with E-state index in [1.54, 1.807) is 12.1 Å². The number of carboxylic acid groups (broad SMARTS) is 1. The number of aromatic nitrogens is 1. The highest BCUT2D eigenvalue weighted by Gasteiger charge is 2.21. The van der Waals surface area contributed by atoms with Crippen LogP contribution < -0.4 is 5.32 Å². The molecule has 0 radical (unpaired) electrons. The Balaban J connectivity index is 2.00. The van der Waals surface area contributed by atoms with Crippen LogP contribution in [0.1, 0.15) is 36.2 Å². The summed E-state index contributed by atoms with van der Waals surface area (Å²) in [4.78, 5) is 15.0. The van der Waals surface area contributed by atoms with Crippen LogP contribution in [-0.4, -0.2) is 33.6 Å². The van der Waals surface area contributed by atoms with Crippen LogP contribution in [0.25, 0.3) is 0 Å². The van der Waals surface area contributed by atoms with Crippen LogP contribution in [0.5, 0.6) is 0 Å². The van der Waals surface area contributed by atoms with E-state index in [1.165, 1.54) is 12.8 Å². The van der Waals surface area contributed by atoms with Crippen LogP contribution in [0.3, 0.4) is 0 Å². The average molecular weight is 301 g/mol. The Labute approximate surface area is 121 Å². The molecule has 2 rings (SSSR count). The van der Waals surface area contributed by atoms with Gasteiger partial charge in [-0.25, -0.2) is 9.78 Å². The van der Waals surface area contributed by atoms with Crippen LogP contribution in [0.4, 0.5) is 5.82 Å². The number of nitrogens with zero attached hydrogens (tertiary/aromatic N) is 1. The maximum atomic E-state index is 11.0. The summed E-state index contributed by atoms with van der Waals surface area (Å²) >= 11 is 7.72. The van der Waals surface area contributed by atoms with E-state index < -0.39 is 5.97 Å². The number of halogens is 1. The molecule has 0 bridgehead atoms. The second-order valence-electron chi connectivity index (χ2n) is 4.69. The van der Waals surface area contributed by atoms with Gasteiger partial charge in [0.1, 0.15) is 5.82 Å². The highest BCUT2D eigenvalue weighted by atomic mass is 35.5. The van der Waals surface area contributed by atoms with Crippen molar-refractivity contribution in [1.82, 2.24) is 4.98 Å². The van der Waals surface area contributed by atoms with Gasteiger partial charge in [-0.3, -0.25) is 0 Å². The number of pyridine rings is 1. The molecular weight excluding hydrogens is 284 g/mol. The lowest BCUT2D eigenvalue weighted by atomic mass is 9.95. The monoisotopic (exact) mass is 300 g/mol. The summed E-state index contributed by atoms with van der Waals surface area (Å²) in [6, 6.07) is 3.68. The number of carbonyl (C=O) groups is 1. The van der Waals surface area contributed by atoms with Crippen molar-refractivity contribution in [1.29, 1.82) is 0 Å². The van der Waals surface area contributed by atoms with Crippen LogP contribution >= 0.6 is 23.4 Å². The number of rotatable bonds is 4. The lowest BCUT2D eigenvalue weighted by molar-refractivity contribution is 0.0691. The van der Waals surface area contributed by atoms with E-state index in [4.69, 9.17) is 16.7 Å². The fourth-order valence-corrected chi connectivity index (χ4v) is 3.25. The third-order valence-electron chi connectivity index (χ3n) is 3.41. The van der Waals surface area contributed by atoms with Gasteiger partial charge in [0, 0.05) is 11.3 Å². The van der Waals surface area contributed by atoms with Gasteiger partial charge in [-0.2, -0.15) is 11.8 Å². The molecule has 1 heterocycles. The average Bonchev–Trinajstić information content (AvgIpc) is 2.41. The fraction of sp³-hybridized carbons (Fsp3) is 0.538. The molecule has 4 nitrogen and oxygen atoms in total. The van der Waals surface area contributed by atoms with Crippen molar-refractivity contribution >= 4 is 35.1 Å². The van der Waals surface area contributed by atoms with Crippen molar-refractivity contribution in [2.45, 2.75) is 37.0 Å². The van der Waals surface area contributed by atoms with E-state index in [1.807, 2.05) is 11.8 Å². The number of nitrogens with one attached hydrogen (secondary N) is 1. The Bertz CT molecular complexity index is 462. The van der Waals surface area contributed by atoms with Crippen LogP contribution in [0.2, 0.25) is 5.02 Å².